The zero-order chi connectivity index (χ0) is 16.0. The maximum Gasteiger partial charge on any atom is 0.446 e. The molecule has 0 aliphatic heterocycles. The van der Waals surface area contributed by atoms with Gasteiger partial charge in [0.25, 0.3) is 5.91 Å². The molecule has 118 valence electrons. The highest BCUT2D eigenvalue weighted by atomic mass is 32.2. The molecule has 0 bridgehead atoms. The summed E-state index contributed by atoms with van der Waals surface area (Å²) in [7, 11) is 0. The standard InChI is InChI=1S/C14H18F3NO2S/c1-10(2)18(8-5-9-19)13(20)11-6-3-4-7-12(11)21-14(15,16)17/h3-4,6-7,10,19H,5,8-9H2,1-2H3. The summed E-state index contributed by atoms with van der Waals surface area (Å²) in [5.41, 5.74) is -4.41. The van der Waals surface area contributed by atoms with Gasteiger partial charge in [-0.15, -0.1) is 0 Å². The molecule has 3 nitrogen and oxygen atoms in total. The molecule has 1 aromatic rings. The highest BCUT2D eigenvalue weighted by Gasteiger charge is 2.32. The minimum atomic E-state index is -4.44. The molecule has 1 aromatic carbocycles. The summed E-state index contributed by atoms with van der Waals surface area (Å²) in [5, 5.41) is 8.87. The Kier molecular flexibility index (Phi) is 6.54. The molecule has 1 rings (SSSR count). The third-order valence-corrected chi connectivity index (χ3v) is 3.59. The van der Waals surface area contributed by atoms with Crippen LogP contribution in [0.15, 0.2) is 29.2 Å². The van der Waals surface area contributed by atoms with Gasteiger partial charge in [-0.05, 0) is 44.2 Å². The normalized spacial score (nSPS) is 11.8. The van der Waals surface area contributed by atoms with Crippen molar-refractivity contribution >= 4 is 17.7 Å². The Balaban J connectivity index is 3.04. The molecule has 7 heteroatoms. The summed E-state index contributed by atoms with van der Waals surface area (Å²) in [6, 6.07) is 5.53. The summed E-state index contributed by atoms with van der Waals surface area (Å²) in [5.74, 6) is -0.453. The Bertz CT molecular complexity index is 478. The average molecular weight is 321 g/mol. The van der Waals surface area contributed by atoms with Crippen LogP contribution in [0.1, 0.15) is 30.6 Å². The van der Waals surface area contributed by atoms with Gasteiger partial charge in [-0.3, -0.25) is 4.79 Å². The van der Waals surface area contributed by atoms with E-state index in [1.807, 2.05) is 0 Å². The lowest BCUT2D eigenvalue weighted by atomic mass is 10.1. The molecule has 1 N–H and O–H groups in total. The van der Waals surface area contributed by atoms with Gasteiger partial charge < -0.3 is 10.0 Å². The Morgan fingerprint density at radius 2 is 1.95 bits per heavy atom. The van der Waals surface area contributed by atoms with Crippen LogP contribution in [0.5, 0.6) is 0 Å². The quantitative estimate of drug-likeness (QED) is 0.815. The molecule has 0 fully saturated rings. The maximum atomic E-state index is 12.6. The van der Waals surface area contributed by atoms with Gasteiger partial charge >= 0.3 is 5.51 Å². The fourth-order valence-electron chi connectivity index (χ4n) is 1.85. The van der Waals surface area contributed by atoms with Crippen molar-refractivity contribution in [2.24, 2.45) is 0 Å². The first-order chi connectivity index (χ1) is 9.76. The number of carbonyl (C=O) groups is 1. The first-order valence-corrected chi connectivity index (χ1v) is 7.34. The summed E-state index contributed by atoms with van der Waals surface area (Å²) < 4.78 is 37.7. The fraction of sp³-hybridized carbons (Fsp3) is 0.500. The molecule has 0 heterocycles. The van der Waals surface area contributed by atoms with Gasteiger partial charge in [-0.1, -0.05) is 12.1 Å². The first kappa shape index (κ1) is 17.8. The number of hydrogen-bond donors (Lipinski definition) is 1. The number of thioether (sulfide) groups is 1. The molecular weight excluding hydrogens is 303 g/mol. The Hall–Kier alpha value is -1.21. The lowest BCUT2D eigenvalue weighted by Crippen LogP contribution is -2.38. The number of alkyl halides is 3. The first-order valence-electron chi connectivity index (χ1n) is 6.53. The average Bonchev–Trinajstić information content (AvgIpc) is 2.37. The number of hydrogen-bond acceptors (Lipinski definition) is 3. The van der Waals surface area contributed by atoms with Crippen LogP contribution in [0.4, 0.5) is 13.2 Å². The van der Waals surface area contributed by atoms with E-state index in [-0.39, 0.29) is 34.9 Å². The maximum absolute atomic E-state index is 12.6. The number of aliphatic hydroxyl groups excluding tert-OH is 1. The Labute approximate surface area is 126 Å². The molecule has 0 spiro atoms. The number of amides is 1. The lowest BCUT2D eigenvalue weighted by Gasteiger charge is -2.27. The predicted molar refractivity (Wildman–Crippen MR) is 76.2 cm³/mol. The van der Waals surface area contributed by atoms with Crippen LogP contribution >= 0.6 is 11.8 Å². The second kappa shape index (κ2) is 7.70. The summed E-state index contributed by atoms with van der Waals surface area (Å²) in [4.78, 5) is 13.8. The molecule has 0 aliphatic carbocycles. The molecule has 0 saturated heterocycles. The van der Waals surface area contributed by atoms with Crippen molar-refractivity contribution in [3.05, 3.63) is 29.8 Å². The van der Waals surface area contributed by atoms with E-state index < -0.39 is 11.4 Å². The van der Waals surface area contributed by atoms with Crippen molar-refractivity contribution in [2.45, 2.75) is 36.7 Å². The fourth-order valence-corrected chi connectivity index (χ4v) is 2.51. The van der Waals surface area contributed by atoms with Gasteiger partial charge in [0, 0.05) is 24.1 Å². The molecule has 0 radical (unpaired) electrons. The van der Waals surface area contributed by atoms with E-state index >= 15 is 0 Å². The number of carbonyl (C=O) groups excluding carboxylic acids is 1. The van der Waals surface area contributed by atoms with Crippen molar-refractivity contribution in [3.8, 4) is 0 Å². The van der Waals surface area contributed by atoms with Crippen molar-refractivity contribution in [3.63, 3.8) is 0 Å². The summed E-state index contributed by atoms with van der Waals surface area (Å²) in [6.45, 7) is 3.80. The van der Waals surface area contributed by atoms with E-state index in [2.05, 4.69) is 0 Å². The number of halogens is 3. The topological polar surface area (TPSA) is 40.5 Å². The van der Waals surface area contributed by atoms with Crippen molar-refractivity contribution in [2.75, 3.05) is 13.2 Å². The van der Waals surface area contributed by atoms with Crippen LogP contribution in [-0.2, 0) is 0 Å². The Morgan fingerprint density at radius 3 is 2.48 bits per heavy atom. The van der Waals surface area contributed by atoms with Gasteiger partial charge in [0.1, 0.15) is 0 Å². The molecule has 1 amide bonds. The molecule has 0 aromatic heterocycles. The summed E-state index contributed by atoms with van der Waals surface area (Å²) >= 11 is -0.288. The zero-order valence-electron chi connectivity index (χ0n) is 11.9. The zero-order valence-corrected chi connectivity index (χ0v) is 12.7. The van der Waals surface area contributed by atoms with Crippen molar-refractivity contribution < 1.29 is 23.1 Å². The molecule has 0 saturated carbocycles. The van der Waals surface area contributed by atoms with Crippen LogP contribution in [-0.4, -0.2) is 40.6 Å². The van der Waals surface area contributed by atoms with E-state index in [9.17, 15) is 18.0 Å². The summed E-state index contributed by atoms with van der Waals surface area (Å²) in [6.07, 6.45) is 0.387. The molecule has 0 unspecified atom stereocenters. The third kappa shape index (κ3) is 5.59. The lowest BCUT2D eigenvalue weighted by molar-refractivity contribution is -0.0328. The van der Waals surface area contributed by atoms with E-state index in [0.29, 0.717) is 13.0 Å². The van der Waals surface area contributed by atoms with Crippen LogP contribution < -0.4 is 0 Å². The van der Waals surface area contributed by atoms with Crippen LogP contribution in [0, 0.1) is 0 Å². The van der Waals surface area contributed by atoms with Gasteiger partial charge in [0.05, 0.1) is 5.56 Å². The SMILES string of the molecule is CC(C)N(CCCO)C(=O)c1ccccc1SC(F)(F)F. The van der Waals surface area contributed by atoms with E-state index in [1.165, 1.54) is 29.2 Å². The minimum absolute atomic E-state index is 0.0338. The van der Waals surface area contributed by atoms with Gasteiger partial charge in [0.15, 0.2) is 0 Å². The molecular formula is C14H18F3NO2S. The number of aliphatic hydroxyl groups is 1. The van der Waals surface area contributed by atoms with Gasteiger partial charge in [-0.2, -0.15) is 13.2 Å². The van der Waals surface area contributed by atoms with Crippen molar-refractivity contribution in [1.29, 1.82) is 0 Å². The van der Waals surface area contributed by atoms with E-state index in [1.54, 1.807) is 13.8 Å². The van der Waals surface area contributed by atoms with Crippen LogP contribution in [0.2, 0.25) is 0 Å². The molecule has 21 heavy (non-hydrogen) atoms. The predicted octanol–water partition coefficient (Wildman–Crippen LogP) is 3.53. The number of rotatable bonds is 6. The third-order valence-electron chi connectivity index (χ3n) is 2.78. The largest absolute Gasteiger partial charge is 0.446 e. The van der Waals surface area contributed by atoms with Crippen LogP contribution in [0.3, 0.4) is 0 Å². The second-order valence-electron chi connectivity index (χ2n) is 4.71. The highest BCUT2D eigenvalue weighted by molar-refractivity contribution is 8.00. The monoisotopic (exact) mass is 321 g/mol. The Morgan fingerprint density at radius 1 is 1.33 bits per heavy atom. The number of benzene rings is 1. The van der Waals surface area contributed by atoms with E-state index in [0.717, 1.165) is 0 Å². The highest BCUT2D eigenvalue weighted by Crippen LogP contribution is 2.38. The van der Waals surface area contributed by atoms with Gasteiger partial charge in [-0.25, -0.2) is 0 Å². The van der Waals surface area contributed by atoms with E-state index in [4.69, 9.17) is 5.11 Å². The molecule has 0 atom stereocenters. The van der Waals surface area contributed by atoms with Crippen LogP contribution in [0.25, 0.3) is 0 Å². The van der Waals surface area contributed by atoms with Crippen molar-refractivity contribution in [1.82, 2.24) is 4.90 Å². The second-order valence-corrected chi connectivity index (χ2v) is 5.82. The van der Waals surface area contributed by atoms with Gasteiger partial charge in [0.2, 0.25) is 0 Å². The molecule has 0 aliphatic rings. The minimum Gasteiger partial charge on any atom is -0.396 e. The smallest absolute Gasteiger partial charge is 0.396 e. The number of nitrogens with zero attached hydrogens (tertiary/aromatic N) is 1.